The van der Waals surface area contributed by atoms with Crippen LogP contribution >= 0.6 is 22.9 Å². The highest BCUT2D eigenvalue weighted by Crippen LogP contribution is 2.33. The maximum atomic E-state index is 12.3. The fourth-order valence-electron chi connectivity index (χ4n) is 3.45. The molecule has 5 rings (SSSR count). The summed E-state index contributed by atoms with van der Waals surface area (Å²) in [7, 11) is 0. The number of carbonyl (C=O) groups is 1. The van der Waals surface area contributed by atoms with E-state index in [4.69, 9.17) is 11.6 Å². The summed E-state index contributed by atoms with van der Waals surface area (Å²) in [4.78, 5) is 16.8. The predicted octanol–water partition coefficient (Wildman–Crippen LogP) is 7.41. The second-order valence-corrected chi connectivity index (χ2v) is 8.28. The first-order valence-electron chi connectivity index (χ1n) is 9.38. The number of benzene rings is 4. The Morgan fingerprint density at radius 3 is 2.60 bits per heavy atom. The molecule has 1 aromatic heterocycles. The van der Waals surface area contributed by atoms with E-state index in [1.54, 1.807) is 24.3 Å². The van der Waals surface area contributed by atoms with Crippen molar-refractivity contribution in [2.24, 2.45) is 0 Å². The Balaban J connectivity index is 1.42. The molecule has 4 aromatic carbocycles. The Hall–Kier alpha value is -3.41. The van der Waals surface area contributed by atoms with Gasteiger partial charge in [0, 0.05) is 10.7 Å². The minimum atomic E-state index is -0.356. The quantitative estimate of drug-likeness (QED) is 0.313. The zero-order valence-electron chi connectivity index (χ0n) is 15.7. The molecule has 6 heteroatoms. The van der Waals surface area contributed by atoms with Crippen LogP contribution < -0.4 is 10.6 Å². The van der Waals surface area contributed by atoms with E-state index in [1.807, 2.05) is 12.1 Å². The maximum Gasteiger partial charge on any atom is 0.325 e. The highest BCUT2D eigenvalue weighted by atomic mass is 35.5. The highest BCUT2D eigenvalue weighted by molar-refractivity contribution is 7.22. The van der Waals surface area contributed by atoms with Crippen molar-refractivity contribution in [1.82, 2.24) is 4.98 Å². The number of hydrogen-bond donors (Lipinski definition) is 2. The number of rotatable bonds is 3. The Morgan fingerprint density at radius 1 is 0.867 bits per heavy atom. The molecule has 0 spiro atoms. The van der Waals surface area contributed by atoms with Crippen LogP contribution in [0.2, 0.25) is 5.02 Å². The molecule has 0 unspecified atom stereocenters. The van der Waals surface area contributed by atoms with Crippen molar-refractivity contribution in [3.63, 3.8) is 0 Å². The normalized spacial score (nSPS) is 11.0. The maximum absolute atomic E-state index is 12.3. The van der Waals surface area contributed by atoms with Gasteiger partial charge in [0.2, 0.25) is 0 Å². The van der Waals surface area contributed by atoms with E-state index in [0.29, 0.717) is 15.8 Å². The number of anilines is 2. The molecule has 30 heavy (non-hydrogen) atoms. The van der Waals surface area contributed by atoms with Crippen LogP contribution in [-0.2, 0) is 0 Å². The third kappa shape index (κ3) is 3.73. The van der Waals surface area contributed by atoms with Gasteiger partial charge in [-0.25, -0.2) is 9.78 Å². The van der Waals surface area contributed by atoms with Crippen LogP contribution in [0.3, 0.4) is 0 Å². The molecule has 0 aliphatic carbocycles. The fraction of sp³-hybridized carbons (Fsp3) is 0. The van der Waals surface area contributed by atoms with E-state index in [1.165, 1.54) is 27.7 Å². The first-order chi connectivity index (χ1) is 14.7. The second-order valence-electron chi connectivity index (χ2n) is 6.82. The summed E-state index contributed by atoms with van der Waals surface area (Å²) in [5.74, 6) is 0. The number of nitrogens with one attached hydrogen (secondary N) is 2. The van der Waals surface area contributed by atoms with Crippen molar-refractivity contribution < 1.29 is 4.79 Å². The van der Waals surface area contributed by atoms with Crippen molar-refractivity contribution in [2.75, 3.05) is 10.6 Å². The van der Waals surface area contributed by atoms with Gasteiger partial charge in [0.1, 0.15) is 0 Å². The molecule has 146 valence electrons. The Morgan fingerprint density at radius 2 is 1.70 bits per heavy atom. The average Bonchev–Trinajstić information content (AvgIpc) is 3.14. The number of carbonyl (C=O) groups excluding carboxylic acids is 1. The lowest BCUT2D eigenvalue weighted by atomic mass is 9.98. The first kappa shape index (κ1) is 18.6. The van der Waals surface area contributed by atoms with Crippen LogP contribution in [0.25, 0.3) is 32.1 Å². The summed E-state index contributed by atoms with van der Waals surface area (Å²) in [6.45, 7) is 0. The smallest absolute Gasteiger partial charge is 0.308 e. The summed E-state index contributed by atoms with van der Waals surface area (Å²) < 4.78 is 1.01. The van der Waals surface area contributed by atoms with Crippen LogP contribution in [-0.4, -0.2) is 11.0 Å². The summed E-state index contributed by atoms with van der Waals surface area (Å²) in [5, 5.41) is 9.09. The molecule has 0 atom stereocenters. The molecule has 5 aromatic rings. The minimum absolute atomic E-state index is 0.356. The van der Waals surface area contributed by atoms with Crippen LogP contribution in [0.15, 0.2) is 84.9 Å². The molecule has 2 amide bonds. The van der Waals surface area contributed by atoms with Crippen molar-refractivity contribution in [1.29, 1.82) is 0 Å². The van der Waals surface area contributed by atoms with Gasteiger partial charge in [0.25, 0.3) is 0 Å². The predicted molar refractivity (Wildman–Crippen MR) is 127 cm³/mol. The molecule has 0 aliphatic rings. The fourth-order valence-corrected chi connectivity index (χ4v) is 4.54. The van der Waals surface area contributed by atoms with E-state index in [-0.39, 0.29) is 6.03 Å². The van der Waals surface area contributed by atoms with Gasteiger partial charge in [-0.2, -0.15) is 0 Å². The Kier molecular flexibility index (Phi) is 4.83. The summed E-state index contributed by atoms with van der Waals surface area (Å²) in [6.07, 6.45) is 0. The topological polar surface area (TPSA) is 54.0 Å². The molecular formula is C24H16ClN3OS. The van der Waals surface area contributed by atoms with Crippen molar-refractivity contribution in [3.8, 4) is 11.1 Å². The van der Waals surface area contributed by atoms with E-state index in [0.717, 1.165) is 15.8 Å². The van der Waals surface area contributed by atoms with Crippen LogP contribution in [0, 0.1) is 0 Å². The monoisotopic (exact) mass is 429 g/mol. The average molecular weight is 430 g/mol. The third-order valence-corrected chi connectivity index (χ3v) is 5.96. The van der Waals surface area contributed by atoms with Crippen molar-refractivity contribution >= 4 is 60.8 Å². The summed E-state index contributed by atoms with van der Waals surface area (Å²) >= 11 is 7.41. The van der Waals surface area contributed by atoms with E-state index >= 15 is 0 Å². The Bertz CT molecular complexity index is 1390. The van der Waals surface area contributed by atoms with Crippen molar-refractivity contribution in [3.05, 3.63) is 90.0 Å². The zero-order chi connectivity index (χ0) is 20.5. The van der Waals surface area contributed by atoms with Gasteiger partial charge in [-0.15, -0.1) is 0 Å². The molecule has 0 radical (unpaired) electrons. The highest BCUT2D eigenvalue weighted by Gasteiger charge is 2.10. The van der Waals surface area contributed by atoms with Crippen molar-refractivity contribution in [2.45, 2.75) is 0 Å². The third-order valence-electron chi connectivity index (χ3n) is 4.79. The largest absolute Gasteiger partial charge is 0.325 e. The lowest BCUT2D eigenvalue weighted by Crippen LogP contribution is -2.19. The van der Waals surface area contributed by atoms with Crippen LogP contribution in [0.1, 0.15) is 0 Å². The second kappa shape index (κ2) is 7.78. The number of urea groups is 1. The van der Waals surface area contributed by atoms with Gasteiger partial charge >= 0.3 is 6.03 Å². The Labute approximate surface area is 182 Å². The van der Waals surface area contributed by atoms with Crippen LogP contribution in [0.4, 0.5) is 15.6 Å². The molecule has 0 fully saturated rings. The van der Waals surface area contributed by atoms with Gasteiger partial charge < -0.3 is 5.32 Å². The van der Waals surface area contributed by atoms with Gasteiger partial charge in [-0.05, 0) is 52.2 Å². The molecule has 2 N–H and O–H groups in total. The molecule has 0 bridgehead atoms. The van der Waals surface area contributed by atoms with E-state index in [2.05, 4.69) is 64.1 Å². The molecular weight excluding hydrogens is 414 g/mol. The molecule has 0 saturated heterocycles. The zero-order valence-corrected chi connectivity index (χ0v) is 17.3. The number of nitrogens with zero attached hydrogens (tertiary/aromatic N) is 1. The number of halogens is 1. The van der Waals surface area contributed by atoms with Gasteiger partial charge in [0.15, 0.2) is 5.13 Å². The van der Waals surface area contributed by atoms with Gasteiger partial charge in [-0.3, -0.25) is 5.32 Å². The van der Waals surface area contributed by atoms with E-state index in [9.17, 15) is 4.79 Å². The number of amides is 2. The number of aromatic nitrogens is 1. The summed E-state index contributed by atoms with van der Waals surface area (Å²) in [5.41, 5.74) is 3.77. The van der Waals surface area contributed by atoms with Crippen LogP contribution in [0.5, 0.6) is 0 Å². The SMILES string of the molecule is O=C(Nc1cccc(Cl)c1)Nc1nc2ccc(-c3cccc4ccccc34)cc2s1. The summed E-state index contributed by atoms with van der Waals surface area (Å²) in [6, 6.07) is 27.5. The molecule has 0 saturated carbocycles. The van der Waals surface area contributed by atoms with E-state index < -0.39 is 0 Å². The number of hydrogen-bond acceptors (Lipinski definition) is 3. The lowest BCUT2D eigenvalue weighted by molar-refractivity contribution is 0.262. The standard InChI is InChI=1S/C24H16ClN3OS/c25-17-7-4-8-18(14-17)26-23(29)28-24-27-21-12-11-16(13-22(21)30-24)20-10-3-6-15-5-1-2-9-19(15)20/h1-14H,(H2,26,27,28,29). The molecule has 1 heterocycles. The molecule has 0 aliphatic heterocycles. The number of fused-ring (bicyclic) bond motifs is 2. The lowest BCUT2D eigenvalue weighted by Gasteiger charge is -2.06. The number of thiazole rings is 1. The first-order valence-corrected chi connectivity index (χ1v) is 10.6. The minimum Gasteiger partial charge on any atom is -0.308 e. The van der Waals surface area contributed by atoms with Gasteiger partial charge in [-0.1, -0.05) is 77.5 Å². The van der Waals surface area contributed by atoms with Gasteiger partial charge in [0.05, 0.1) is 10.2 Å². The molecule has 4 nitrogen and oxygen atoms in total.